The van der Waals surface area contributed by atoms with Crippen molar-refractivity contribution < 1.29 is 9.72 Å². The van der Waals surface area contributed by atoms with Gasteiger partial charge in [-0.25, -0.2) is 4.79 Å². The van der Waals surface area contributed by atoms with E-state index in [9.17, 15) is 14.9 Å². The van der Waals surface area contributed by atoms with Crippen LogP contribution in [-0.4, -0.2) is 16.5 Å². The number of urea groups is 1. The zero-order chi connectivity index (χ0) is 14.5. The van der Waals surface area contributed by atoms with E-state index in [1.807, 2.05) is 6.07 Å². The molecule has 19 heavy (non-hydrogen) atoms. The molecule has 1 rings (SSSR count). The molecule has 0 spiro atoms. The summed E-state index contributed by atoms with van der Waals surface area (Å²) in [7, 11) is 0. The highest BCUT2D eigenvalue weighted by molar-refractivity contribution is 5.90. The van der Waals surface area contributed by atoms with Crippen molar-refractivity contribution in [2.75, 3.05) is 5.32 Å². The largest absolute Gasteiger partial charge is 0.320 e. The topological polar surface area (TPSA) is 108 Å². The number of hydrogen-bond acceptors (Lipinski definition) is 4. The number of nitrogens with zero attached hydrogens (tertiary/aromatic N) is 2. The molecule has 0 saturated heterocycles. The van der Waals surface area contributed by atoms with Gasteiger partial charge in [-0.2, -0.15) is 5.26 Å². The lowest BCUT2D eigenvalue weighted by Crippen LogP contribution is -2.46. The number of anilines is 1. The predicted molar refractivity (Wildman–Crippen MR) is 69.6 cm³/mol. The molecule has 1 aromatic rings. The smallest absolute Gasteiger partial charge is 0.320 e. The Morgan fingerprint density at radius 1 is 1.58 bits per heavy atom. The van der Waals surface area contributed by atoms with E-state index in [1.54, 1.807) is 13.8 Å². The summed E-state index contributed by atoms with van der Waals surface area (Å²) in [6.07, 6.45) is 0.450. The average molecular weight is 262 g/mol. The van der Waals surface area contributed by atoms with Gasteiger partial charge in [-0.15, -0.1) is 0 Å². The Morgan fingerprint density at radius 3 is 2.79 bits per heavy atom. The molecule has 0 aliphatic carbocycles. The van der Waals surface area contributed by atoms with Crippen molar-refractivity contribution in [3.63, 3.8) is 0 Å². The predicted octanol–water partition coefficient (Wildman–Crippen LogP) is 2.41. The number of carbonyl (C=O) groups excluding carboxylic acids is 1. The molecule has 1 aromatic carbocycles. The van der Waals surface area contributed by atoms with Crippen LogP contribution in [0.4, 0.5) is 16.2 Å². The van der Waals surface area contributed by atoms with E-state index < -0.39 is 16.5 Å². The zero-order valence-electron chi connectivity index (χ0n) is 10.6. The third-order valence-corrected chi connectivity index (χ3v) is 2.66. The zero-order valence-corrected chi connectivity index (χ0v) is 10.6. The van der Waals surface area contributed by atoms with Gasteiger partial charge >= 0.3 is 6.03 Å². The molecule has 0 heterocycles. The average Bonchev–Trinajstić information content (AvgIpc) is 2.38. The Hall–Kier alpha value is -2.62. The van der Waals surface area contributed by atoms with Gasteiger partial charge in [-0.3, -0.25) is 10.1 Å². The Morgan fingerprint density at radius 2 is 2.26 bits per heavy atom. The maximum atomic E-state index is 11.7. The quantitative estimate of drug-likeness (QED) is 0.641. The highest BCUT2D eigenvalue weighted by atomic mass is 16.6. The molecule has 0 aliphatic heterocycles. The van der Waals surface area contributed by atoms with Crippen molar-refractivity contribution >= 4 is 17.4 Å². The number of carbonyl (C=O) groups is 1. The second-order valence-corrected chi connectivity index (χ2v) is 4.18. The number of hydrogen-bond donors (Lipinski definition) is 2. The highest BCUT2D eigenvalue weighted by Gasteiger charge is 2.23. The third-order valence-electron chi connectivity index (χ3n) is 2.66. The standard InChI is InChI=1S/C12H14N4O3/c1-3-12(2,8-13)15-11(17)14-9-5-4-6-10(7-9)16(18)19/h4-7H,3H2,1-2H3,(H2,14,15,17). The number of non-ortho nitro benzene ring substituents is 1. The van der Waals surface area contributed by atoms with Gasteiger partial charge < -0.3 is 10.6 Å². The molecule has 0 fully saturated rings. The van der Waals surface area contributed by atoms with E-state index in [4.69, 9.17) is 5.26 Å². The van der Waals surface area contributed by atoms with Crippen molar-refractivity contribution in [2.24, 2.45) is 0 Å². The van der Waals surface area contributed by atoms with Gasteiger partial charge in [0.05, 0.1) is 11.0 Å². The number of amides is 2. The van der Waals surface area contributed by atoms with Crippen LogP contribution in [0.15, 0.2) is 24.3 Å². The van der Waals surface area contributed by atoms with Gasteiger partial charge in [0.15, 0.2) is 0 Å². The Balaban J connectivity index is 2.75. The molecule has 1 atom stereocenters. The van der Waals surface area contributed by atoms with Crippen LogP contribution < -0.4 is 10.6 Å². The van der Waals surface area contributed by atoms with Crippen LogP contribution in [-0.2, 0) is 0 Å². The Kier molecular flexibility index (Phi) is 4.42. The molecule has 1 unspecified atom stereocenters. The Bertz CT molecular complexity index is 538. The van der Waals surface area contributed by atoms with E-state index in [0.717, 1.165) is 0 Å². The molecular formula is C12H14N4O3. The number of rotatable bonds is 4. The van der Waals surface area contributed by atoms with Gasteiger partial charge in [0.25, 0.3) is 5.69 Å². The number of benzene rings is 1. The second-order valence-electron chi connectivity index (χ2n) is 4.18. The van der Waals surface area contributed by atoms with Crippen LogP contribution in [0, 0.1) is 21.4 Å². The summed E-state index contributed by atoms with van der Waals surface area (Å²) in [5.41, 5.74) is -0.787. The molecule has 0 aliphatic rings. The fourth-order valence-corrected chi connectivity index (χ4v) is 1.31. The SMILES string of the molecule is CCC(C)(C#N)NC(=O)Nc1cccc([N+](=O)[O-])c1. The van der Waals surface area contributed by atoms with Crippen LogP contribution >= 0.6 is 0 Å². The first-order chi connectivity index (χ1) is 8.90. The van der Waals surface area contributed by atoms with E-state index in [0.29, 0.717) is 12.1 Å². The number of nitrogens with one attached hydrogen (secondary N) is 2. The molecule has 0 bridgehead atoms. The monoisotopic (exact) mass is 262 g/mol. The van der Waals surface area contributed by atoms with Crippen LogP contribution in [0.25, 0.3) is 0 Å². The molecule has 0 radical (unpaired) electrons. The first kappa shape index (κ1) is 14.4. The third kappa shape index (κ3) is 3.96. The minimum atomic E-state index is -0.967. The van der Waals surface area contributed by atoms with Crippen molar-refractivity contribution in [2.45, 2.75) is 25.8 Å². The van der Waals surface area contributed by atoms with Crippen LogP contribution in [0.3, 0.4) is 0 Å². The van der Waals surface area contributed by atoms with Gasteiger partial charge in [-0.05, 0) is 19.4 Å². The maximum absolute atomic E-state index is 11.7. The molecule has 7 heteroatoms. The number of nitro groups is 1. The molecule has 7 nitrogen and oxygen atoms in total. The van der Waals surface area contributed by atoms with E-state index >= 15 is 0 Å². The number of nitriles is 1. The summed E-state index contributed by atoms with van der Waals surface area (Å²) in [5.74, 6) is 0. The molecule has 100 valence electrons. The summed E-state index contributed by atoms with van der Waals surface area (Å²) in [4.78, 5) is 21.7. The summed E-state index contributed by atoms with van der Waals surface area (Å²) in [6, 6.07) is 6.99. The first-order valence-electron chi connectivity index (χ1n) is 5.65. The van der Waals surface area contributed by atoms with Crippen molar-refractivity contribution in [1.82, 2.24) is 5.32 Å². The Labute approximate surface area is 110 Å². The van der Waals surface area contributed by atoms with Crippen molar-refractivity contribution in [3.05, 3.63) is 34.4 Å². The van der Waals surface area contributed by atoms with Crippen molar-refractivity contribution in [1.29, 1.82) is 5.26 Å². The van der Waals surface area contributed by atoms with Gasteiger partial charge in [0, 0.05) is 17.8 Å². The molecule has 2 N–H and O–H groups in total. The van der Waals surface area contributed by atoms with Crippen molar-refractivity contribution in [3.8, 4) is 6.07 Å². The molecule has 2 amide bonds. The fraction of sp³-hybridized carbons (Fsp3) is 0.333. The first-order valence-corrected chi connectivity index (χ1v) is 5.65. The second kappa shape index (κ2) is 5.82. The maximum Gasteiger partial charge on any atom is 0.320 e. The van der Waals surface area contributed by atoms with E-state index in [-0.39, 0.29) is 5.69 Å². The van der Waals surface area contributed by atoms with Crippen LogP contribution in [0.5, 0.6) is 0 Å². The van der Waals surface area contributed by atoms with Gasteiger partial charge in [-0.1, -0.05) is 13.0 Å². The minimum absolute atomic E-state index is 0.115. The lowest BCUT2D eigenvalue weighted by molar-refractivity contribution is -0.384. The van der Waals surface area contributed by atoms with E-state index in [2.05, 4.69) is 10.6 Å². The summed E-state index contributed by atoms with van der Waals surface area (Å²) in [5, 5.41) is 24.5. The lowest BCUT2D eigenvalue weighted by atomic mass is 10.0. The summed E-state index contributed by atoms with van der Waals surface area (Å²) >= 11 is 0. The summed E-state index contributed by atoms with van der Waals surface area (Å²) in [6.45, 7) is 3.37. The highest BCUT2D eigenvalue weighted by Crippen LogP contribution is 2.17. The number of nitro benzene ring substituents is 1. The fourth-order valence-electron chi connectivity index (χ4n) is 1.31. The normalized spacial score (nSPS) is 12.9. The van der Waals surface area contributed by atoms with E-state index in [1.165, 1.54) is 24.3 Å². The molecular weight excluding hydrogens is 248 g/mol. The van der Waals surface area contributed by atoms with Crippen LogP contribution in [0.1, 0.15) is 20.3 Å². The minimum Gasteiger partial charge on any atom is -0.320 e. The van der Waals surface area contributed by atoms with Gasteiger partial charge in [0.1, 0.15) is 5.54 Å². The molecule has 0 aromatic heterocycles. The van der Waals surface area contributed by atoms with Crippen LogP contribution in [0.2, 0.25) is 0 Å². The summed E-state index contributed by atoms with van der Waals surface area (Å²) < 4.78 is 0. The lowest BCUT2D eigenvalue weighted by Gasteiger charge is -2.21. The van der Waals surface area contributed by atoms with Gasteiger partial charge in [0.2, 0.25) is 0 Å². The molecule has 0 saturated carbocycles.